The second-order valence-corrected chi connectivity index (χ2v) is 6.45. The van der Waals surface area contributed by atoms with Crippen LogP contribution in [0.1, 0.15) is 15.9 Å². The minimum Gasteiger partial charge on any atom is -0.497 e. The first-order chi connectivity index (χ1) is 14.1. The maximum absolute atomic E-state index is 12.6. The van der Waals surface area contributed by atoms with Gasteiger partial charge in [0.05, 0.1) is 25.5 Å². The van der Waals surface area contributed by atoms with Gasteiger partial charge in [-0.15, -0.1) is 0 Å². The number of ether oxygens (including phenoxy) is 2. The van der Waals surface area contributed by atoms with Gasteiger partial charge in [0, 0.05) is 38.2 Å². The van der Waals surface area contributed by atoms with Gasteiger partial charge in [-0.2, -0.15) is 0 Å². The van der Waals surface area contributed by atoms with E-state index in [9.17, 15) is 4.79 Å². The molecule has 0 spiro atoms. The number of likely N-dealkylation sites (N-methyl/N-ethyl adjacent to an activating group) is 1. The van der Waals surface area contributed by atoms with Crippen molar-refractivity contribution in [2.45, 2.75) is 6.42 Å². The third-order valence-corrected chi connectivity index (χ3v) is 4.54. The molecule has 1 N–H and O–H groups in total. The van der Waals surface area contributed by atoms with Crippen molar-refractivity contribution >= 4 is 17.4 Å². The average molecular weight is 392 g/mol. The van der Waals surface area contributed by atoms with Crippen molar-refractivity contribution in [2.24, 2.45) is 0 Å². The van der Waals surface area contributed by atoms with Crippen molar-refractivity contribution in [3.63, 3.8) is 0 Å². The predicted molar refractivity (Wildman–Crippen MR) is 113 cm³/mol. The Kier molecular flexibility index (Phi) is 6.63. The van der Waals surface area contributed by atoms with Crippen LogP contribution in [0.3, 0.4) is 0 Å². The maximum Gasteiger partial charge on any atom is 0.257 e. The number of carbonyl (C=O) groups is 1. The number of hydrogen-bond acceptors (Lipinski definition) is 6. The molecule has 0 unspecified atom stereocenters. The summed E-state index contributed by atoms with van der Waals surface area (Å²) in [5.41, 5.74) is 2.25. The van der Waals surface area contributed by atoms with E-state index >= 15 is 0 Å². The molecule has 0 fully saturated rings. The van der Waals surface area contributed by atoms with Crippen molar-refractivity contribution < 1.29 is 14.3 Å². The lowest BCUT2D eigenvalue weighted by Gasteiger charge is -2.18. The third kappa shape index (κ3) is 5.22. The van der Waals surface area contributed by atoms with Gasteiger partial charge in [-0.3, -0.25) is 9.78 Å². The molecule has 150 valence electrons. The molecule has 0 aliphatic carbocycles. The van der Waals surface area contributed by atoms with Gasteiger partial charge in [-0.05, 0) is 48.4 Å². The highest BCUT2D eigenvalue weighted by molar-refractivity contribution is 6.05. The van der Waals surface area contributed by atoms with Gasteiger partial charge in [0.1, 0.15) is 17.3 Å². The standard InChI is InChI=1S/C22H24N4O3/c1-26(13-10-16-8-11-23-12-9-16)21-7-4-17(15-24-21)22(27)25-19-6-5-18(28-2)14-20(19)29-3/h4-9,11-12,14-15H,10,13H2,1-3H3,(H,25,27). The second-order valence-electron chi connectivity index (χ2n) is 6.45. The molecule has 0 radical (unpaired) electrons. The van der Waals surface area contributed by atoms with Crippen LogP contribution in [0.2, 0.25) is 0 Å². The average Bonchev–Trinajstić information content (AvgIpc) is 2.78. The Bertz CT molecular complexity index is 946. The number of benzene rings is 1. The summed E-state index contributed by atoms with van der Waals surface area (Å²) in [5.74, 6) is 1.73. The van der Waals surface area contributed by atoms with E-state index in [0.717, 1.165) is 18.8 Å². The number of pyridine rings is 2. The first-order valence-corrected chi connectivity index (χ1v) is 9.20. The minimum absolute atomic E-state index is 0.257. The van der Waals surface area contributed by atoms with Gasteiger partial charge in [-0.25, -0.2) is 4.98 Å². The molecular weight excluding hydrogens is 368 g/mol. The van der Waals surface area contributed by atoms with Crippen LogP contribution in [0.25, 0.3) is 0 Å². The second kappa shape index (κ2) is 9.54. The molecule has 0 saturated heterocycles. The Morgan fingerprint density at radius 1 is 1.07 bits per heavy atom. The number of rotatable bonds is 8. The van der Waals surface area contributed by atoms with Gasteiger partial charge in [0.25, 0.3) is 5.91 Å². The maximum atomic E-state index is 12.6. The van der Waals surface area contributed by atoms with Crippen LogP contribution in [0.15, 0.2) is 61.1 Å². The lowest BCUT2D eigenvalue weighted by atomic mass is 10.2. The van der Waals surface area contributed by atoms with E-state index in [2.05, 4.69) is 20.2 Å². The summed E-state index contributed by atoms with van der Waals surface area (Å²) in [6, 6.07) is 12.8. The highest BCUT2D eigenvalue weighted by Gasteiger charge is 2.12. The fourth-order valence-corrected chi connectivity index (χ4v) is 2.80. The van der Waals surface area contributed by atoms with E-state index in [4.69, 9.17) is 9.47 Å². The van der Waals surface area contributed by atoms with Gasteiger partial charge >= 0.3 is 0 Å². The molecule has 0 aliphatic heterocycles. The summed E-state index contributed by atoms with van der Waals surface area (Å²) in [7, 11) is 5.10. The van der Waals surface area contributed by atoms with E-state index in [-0.39, 0.29) is 5.91 Å². The molecule has 7 nitrogen and oxygen atoms in total. The lowest BCUT2D eigenvalue weighted by molar-refractivity contribution is 0.102. The van der Waals surface area contributed by atoms with Gasteiger partial charge in [0.15, 0.2) is 0 Å². The van der Waals surface area contributed by atoms with Crippen LogP contribution in [-0.4, -0.2) is 43.7 Å². The minimum atomic E-state index is -0.257. The Balaban J connectivity index is 1.62. The summed E-state index contributed by atoms with van der Waals surface area (Å²) in [5, 5.41) is 2.85. The van der Waals surface area contributed by atoms with Gasteiger partial charge in [0.2, 0.25) is 0 Å². The number of hydrogen-bond donors (Lipinski definition) is 1. The molecule has 0 atom stereocenters. The van der Waals surface area contributed by atoms with E-state index < -0.39 is 0 Å². The van der Waals surface area contributed by atoms with E-state index in [0.29, 0.717) is 22.7 Å². The molecule has 1 amide bonds. The number of carbonyl (C=O) groups excluding carboxylic acids is 1. The molecule has 1 aromatic carbocycles. The normalized spacial score (nSPS) is 10.3. The molecular formula is C22H24N4O3. The molecule has 0 bridgehead atoms. The summed E-state index contributed by atoms with van der Waals surface area (Å²) < 4.78 is 10.5. The first-order valence-electron chi connectivity index (χ1n) is 9.20. The monoisotopic (exact) mass is 392 g/mol. The molecule has 7 heteroatoms. The Labute approximate surface area is 170 Å². The van der Waals surface area contributed by atoms with Crippen LogP contribution in [-0.2, 0) is 6.42 Å². The van der Waals surface area contributed by atoms with Crippen LogP contribution in [0.5, 0.6) is 11.5 Å². The molecule has 3 rings (SSSR count). The van der Waals surface area contributed by atoms with Crippen molar-refractivity contribution in [1.29, 1.82) is 0 Å². The van der Waals surface area contributed by atoms with Crippen molar-refractivity contribution in [2.75, 3.05) is 38.0 Å². The highest BCUT2D eigenvalue weighted by atomic mass is 16.5. The first kappa shape index (κ1) is 20.1. The Morgan fingerprint density at radius 2 is 1.86 bits per heavy atom. The lowest BCUT2D eigenvalue weighted by Crippen LogP contribution is -2.21. The van der Waals surface area contributed by atoms with Crippen LogP contribution >= 0.6 is 0 Å². The fraction of sp³-hybridized carbons (Fsp3) is 0.227. The number of aromatic nitrogens is 2. The number of methoxy groups -OCH3 is 2. The van der Waals surface area contributed by atoms with Gasteiger partial charge < -0.3 is 19.7 Å². The SMILES string of the molecule is COc1ccc(NC(=O)c2ccc(N(C)CCc3ccncc3)nc2)c(OC)c1. The Morgan fingerprint density at radius 3 is 2.52 bits per heavy atom. The summed E-state index contributed by atoms with van der Waals surface area (Å²) >= 11 is 0. The summed E-state index contributed by atoms with van der Waals surface area (Å²) in [6.07, 6.45) is 6.04. The third-order valence-electron chi connectivity index (χ3n) is 4.54. The number of anilines is 2. The zero-order chi connectivity index (χ0) is 20.6. The number of amides is 1. The molecule has 2 heterocycles. The van der Waals surface area contributed by atoms with Crippen LogP contribution < -0.4 is 19.7 Å². The zero-order valence-electron chi connectivity index (χ0n) is 16.8. The number of nitrogens with one attached hydrogen (secondary N) is 1. The van der Waals surface area contributed by atoms with E-state index in [1.807, 2.05) is 25.2 Å². The zero-order valence-corrected chi connectivity index (χ0v) is 16.8. The quantitative estimate of drug-likeness (QED) is 0.633. The van der Waals surface area contributed by atoms with Crippen molar-refractivity contribution in [3.05, 3.63) is 72.2 Å². The van der Waals surface area contributed by atoms with Crippen molar-refractivity contribution in [3.8, 4) is 11.5 Å². The number of nitrogens with zero attached hydrogens (tertiary/aromatic N) is 3. The molecule has 3 aromatic rings. The van der Waals surface area contributed by atoms with E-state index in [1.54, 1.807) is 57.1 Å². The largest absolute Gasteiger partial charge is 0.497 e. The van der Waals surface area contributed by atoms with Gasteiger partial charge in [-0.1, -0.05) is 0 Å². The smallest absolute Gasteiger partial charge is 0.257 e. The molecule has 29 heavy (non-hydrogen) atoms. The molecule has 2 aromatic heterocycles. The van der Waals surface area contributed by atoms with Crippen molar-refractivity contribution in [1.82, 2.24) is 9.97 Å². The van der Waals surface area contributed by atoms with E-state index in [1.165, 1.54) is 5.56 Å². The fourth-order valence-electron chi connectivity index (χ4n) is 2.80. The summed E-state index contributed by atoms with van der Waals surface area (Å²) in [6.45, 7) is 0.811. The molecule has 0 aliphatic rings. The topological polar surface area (TPSA) is 76.6 Å². The van der Waals surface area contributed by atoms with Crippen LogP contribution in [0, 0.1) is 0 Å². The Hall–Kier alpha value is -3.61. The molecule has 0 saturated carbocycles. The highest BCUT2D eigenvalue weighted by Crippen LogP contribution is 2.29. The van der Waals surface area contributed by atoms with Crippen LogP contribution in [0.4, 0.5) is 11.5 Å². The predicted octanol–water partition coefficient (Wildman–Crippen LogP) is 3.43. The summed E-state index contributed by atoms with van der Waals surface area (Å²) in [4.78, 5) is 23.1.